The lowest BCUT2D eigenvalue weighted by atomic mass is 9.89. The first kappa shape index (κ1) is 26.0. The summed E-state index contributed by atoms with van der Waals surface area (Å²) in [5.41, 5.74) is 18.0. The Morgan fingerprint density at radius 3 is 2.30 bits per heavy atom. The molecule has 0 saturated carbocycles. The van der Waals surface area contributed by atoms with Crippen molar-refractivity contribution in [2.75, 3.05) is 0 Å². The Hall–Kier alpha value is -5.28. The molecule has 0 saturated heterocycles. The van der Waals surface area contributed by atoms with Crippen LogP contribution >= 0.6 is 0 Å². The fourth-order valence-electron chi connectivity index (χ4n) is 8.75. The van der Waals surface area contributed by atoms with Crippen molar-refractivity contribution in [2.45, 2.75) is 45.7 Å². The minimum Gasteiger partial charge on any atom is -0.454 e. The van der Waals surface area contributed by atoms with Crippen LogP contribution in [-0.2, 0) is 12.1 Å². The Balaban J connectivity index is 1.41. The molecule has 1 aliphatic carbocycles. The molecule has 3 heteroatoms. The topological polar surface area (TPSA) is 20.9 Å². The molecule has 10 rings (SSSR count). The number of aryl methyl sites for hydroxylation is 1. The van der Waals surface area contributed by atoms with Crippen molar-refractivity contribution in [1.82, 2.24) is 0 Å². The molecule has 3 aromatic heterocycles. The summed E-state index contributed by atoms with van der Waals surface area (Å²) in [6.07, 6.45) is 8.01. The number of furan rings is 1. The summed E-state index contributed by atoms with van der Waals surface area (Å²) in [7, 11) is 0. The Kier molecular flexibility index (Phi) is 5.04. The standard InChI is InChI=1S/C43H34N2O/c1-25(2)35-24-45-39(23-34(35)29-12-6-5-11-27(29)4)40-37(43(45)36-14-8-7-13-32(36)38-15-9-10-20-44(38)43)19-18-31-30-17-16-28-21-26(3)22-33(28)41(30)46-42(31)40/h5-20,22-25H,21H2,1-4H3/q+2. The normalized spacial score (nSPS) is 17.0. The maximum absolute atomic E-state index is 7.10. The highest BCUT2D eigenvalue weighted by atomic mass is 16.3. The Labute approximate surface area is 268 Å². The molecule has 7 aromatic rings. The summed E-state index contributed by atoms with van der Waals surface area (Å²) in [4.78, 5) is 0. The van der Waals surface area contributed by atoms with E-state index in [0.29, 0.717) is 5.92 Å². The molecule has 1 unspecified atom stereocenters. The van der Waals surface area contributed by atoms with E-state index >= 15 is 0 Å². The van der Waals surface area contributed by atoms with Gasteiger partial charge in [0.1, 0.15) is 27.9 Å². The van der Waals surface area contributed by atoms with Crippen LogP contribution in [0.15, 0.2) is 119 Å². The average molecular weight is 595 g/mol. The lowest BCUT2D eigenvalue weighted by Gasteiger charge is -2.19. The summed E-state index contributed by atoms with van der Waals surface area (Å²) in [5.74, 6) is 0.328. The lowest BCUT2D eigenvalue weighted by Crippen LogP contribution is -2.71. The van der Waals surface area contributed by atoms with Crippen molar-refractivity contribution >= 4 is 28.0 Å². The molecule has 2 aliphatic heterocycles. The molecule has 220 valence electrons. The lowest BCUT2D eigenvalue weighted by molar-refractivity contribution is -0.955. The SMILES string of the molecule is CC1=Cc2c(ccc3c2oc2c4c(ccc23)C2(c3ccccc3-c3cccc[n+]32)[n+]2cc(C(C)C)c(-c3ccccc3C)cc2-4)C1. The molecule has 0 N–H and O–H groups in total. The van der Waals surface area contributed by atoms with E-state index < -0.39 is 5.66 Å². The first-order valence-corrected chi connectivity index (χ1v) is 16.4. The van der Waals surface area contributed by atoms with Crippen LogP contribution in [0.3, 0.4) is 0 Å². The maximum atomic E-state index is 7.10. The molecule has 3 nitrogen and oxygen atoms in total. The van der Waals surface area contributed by atoms with Gasteiger partial charge in [0.2, 0.25) is 11.4 Å². The van der Waals surface area contributed by atoms with Gasteiger partial charge in [0, 0.05) is 40.1 Å². The van der Waals surface area contributed by atoms with E-state index in [9.17, 15) is 0 Å². The van der Waals surface area contributed by atoms with Crippen LogP contribution in [-0.4, -0.2) is 0 Å². The number of allylic oxidation sites excluding steroid dienone is 1. The third kappa shape index (κ3) is 3.08. The third-order valence-electron chi connectivity index (χ3n) is 10.7. The van der Waals surface area contributed by atoms with E-state index in [4.69, 9.17) is 4.42 Å². The van der Waals surface area contributed by atoms with Crippen LogP contribution in [0.4, 0.5) is 0 Å². The highest BCUT2D eigenvalue weighted by molar-refractivity contribution is 6.12. The second-order valence-corrected chi connectivity index (χ2v) is 13.7. The summed E-state index contributed by atoms with van der Waals surface area (Å²) in [6.45, 7) is 9.07. The Bertz CT molecular complexity index is 2460. The second-order valence-electron chi connectivity index (χ2n) is 13.7. The fraction of sp³-hybridized carbons (Fsp3) is 0.163. The predicted octanol–water partition coefficient (Wildman–Crippen LogP) is 9.48. The van der Waals surface area contributed by atoms with Gasteiger partial charge in [0.15, 0.2) is 12.4 Å². The molecule has 3 aliphatic rings. The van der Waals surface area contributed by atoms with Crippen molar-refractivity contribution in [1.29, 1.82) is 0 Å². The number of rotatable bonds is 2. The minimum atomic E-state index is -0.586. The molecular weight excluding hydrogens is 560 g/mol. The van der Waals surface area contributed by atoms with Crippen LogP contribution in [0.25, 0.3) is 61.7 Å². The van der Waals surface area contributed by atoms with Gasteiger partial charge < -0.3 is 4.42 Å². The molecule has 1 atom stereocenters. The quantitative estimate of drug-likeness (QED) is 0.183. The van der Waals surface area contributed by atoms with E-state index in [1.54, 1.807) is 0 Å². The van der Waals surface area contributed by atoms with Gasteiger partial charge >= 0.3 is 5.66 Å². The van der Waals surface area contributed by atoms with Gasteiger partial charge in [0.05, 0.1) is 5.56 Å². The zero-order chi connectivity index (χ0) is 30.9. The second kappa shape index (κ2) is 8.92. The summed E-state index contributed by atoms with van der Waals surface area (Å²) < 4.78 is 12.2. The van der Waals surface area contributed by atoms with Gasteiger partial charge in [-0.15, -0.1) is 9.13 Å². The van der Waals surface area contributed by atoms with E-state index in [1.165, 1.54) is 83.4 Å². The van der Waals surface area contributed by atoms with Crippen LogP contribution in [0.1, 0.15) is 60.1 Å². The zero-order valence-electron chi connectivity index (χ0n) is 26.6. The fourth-order valence-corrected chi connectivity index (χ4v) is 8.75. The molecule has 0 radical (unpaired) electrons. The molecule has 46 heavy (non-hydrogen) atoms. The van der Waals surface area contributed by atoms with Crippen molar-refractivity contribution < 1.29 is 13.6 Å². The molecule has 5 heterocycles. The van der Waals surface area contributed by atoms with Gasteiger partial charge in [-0.25, -0.2) is 0 Å². The largest absolute Gasteiger partial charge is 0.454 e. The predicted molar refractivity (Wildman–Crippen MR) is 185 cm³/mol. The number of hydrogen-bond donors (Lipinski definition) is 0. The van der Waals surface area contributed by atoms with Gasteiger partial charge in [-0.05, 0) is 78.8 Å². The number of hydrogen-bond acceptors (Lipinski definition) is 1. The molecule has 4 aromatic carbocycles. The molecule has 0 fully saturated rings. The highest BCUT2D eigenvalue weighted by Crippen LogP contribution is 2.52. The summed E-state index contributed by atoms with van der Waals surface area (Å²) >= 11 is 0. The first-order valence-electron chi connectivity index (χ1n) is 16.4. The number of aromatic nitrogens is 2. The van der Waals surface area contributed by atoms with Gasteiger partial charge in [-0.3, -0.25) is 0 Å². The average Bonchev–Trinajstić information content (AvgIpc) is 3.80. The monoisotopic (exact) mass is 594 g/mol. The van der Waals surface area contributed by atoms with Crippen molar-refractivity contribution in [3.8, 4) is 33.6 Å². The smallest absolute Gasteiger partial charge is 0.417 e. The van der Waals surface area contributed by atoms with E-state index in [-0.39, 0.29) is 0 Å². The summed E-state index contributed by atoms with van der Waals surface area (Å²) in [6, 6.07) is 36.0. The minimum absolute atomic E-state index is 0.328. The molecule has 0 bridgehead atoms. The van der Waals surface area contributed by atoms with Crippen LogP contribution < -0.4 is 9.13 Å². The molecule has 1 spiro atoms. The number of nitrogens with zero attached hydrogens (tertiary/aromatic N) is 2. The van der Waals surface area contributed by atoms with Crippen molar-refractivity contribution in [2.24, 2.45) is 0 Å². The van der Waals surface area contributed by atoms with E-state index in [2.05, 4.69) is 152 Å². The van der Waals surface area contributed by atoms with Crippen molar-refractivity contribution in [3.05, 3.63) is 148 Å². The highest BCUT2D eigenvalue weighted by Gasteiger charge is 2.67. The van der Waals surface area contributed by atoms with E-state index in [0.717, 1.165) is 17.6 Å². The third-order valence-corrected chi connectivity index (χ3v) is 10.7. The van der Waals surface area contributed by atoms with Crippen molar-refractivity contribution in [3.63, 3.8) is 0 Å². The van der Waals surface area contributed by atoms with Crippen LogP contribution in [0, 0.1) is 6.92 Å². The summed E-state index contributed by atoms with van der Waals surface area (Å²) in [5, 5.41) is 2.36. The Morgan fingerprint density at radius 1 is 0.696 bits per heavy atom. The number of benzene rings is 4. The molecule has 0 amide bonds. The van der Waals surface area contributed by atoms with E-state index in [1.807, 2.05) is 0 Å². The Morgan fingerprint density at radius 2 is 1.46 bits per heavy atom. The van der Waals surface area contributed by atoms with Gasteiger partial charge in [-0.2, -0.15) is 0 Å². The number of pyridine rings is 2. The van der Waals surface area contributed by atoms with Gasteiger partial charge in [-0.1, -0.05) is 74.0 Å². The van der Waals surface area contributed by atoms with Crippen LogP contribution in [0.2, 0.25) is 0 Å². The first-order chi connectivity index (χ1) is 22.5. The zero-order valence-corrected chi connectivity index (χ0v) is 26.6. The number of fused-ring (bicyclic) bond motifs is 16. The molecular formula is C43H34N2O+2. The van der Waals surface area contributed by atoms with Gasteiger partial charge in [0.25, 0.3) is 0 Å². The van der Waals surface area contributed by atoms with Crippen LogP contribution in [0.5, 0.6) is 0 Å². The maximum Gasteiger partial charge on any atom is 0.417 e.